The molecular weight excluding hydrogens is 522 g/mol. The molecule has 0 radical (unpaired) electrons. The highest BCUT2D eigenvalue weighted by atomic mass is 35.5. The van der Waals surface area contributed by atoms with E-state index in [1.807, 2.05) is 75.4 Å². The fraction of sp³-hybridized carbons (Fsp3) is 0.310. The van der Waals surface area contributed by atoms with Gasteiger partial charge in [-0.05, 0) is 44.0 Å². The third kappa shape index (κ3) is 8.07. The topological polar surface area (TPSA) is 86.8 Å². The molecule has 2 amide bonds. The summed E-state index contributed by atoms with van der Waals surface area (Å²) in [6.45, 7) is 5.28. The van der Waals surface area contributed by atoms with E-state index in [0.717, 1.165) is 27.3 Å². The highest BCUT2D eigenvalue weighted by Gasteiger charge is 2.33. The van der Waals surface area contributed by atoms with Gasteiger partial charge >= 0.3 is 0 Å². The maximum absolute atomic E-state index is 14.0. The van der Waals surface area contributed by atoms with Gasteiger partial charge in [0.2, 0.25) is 21.8 Å². The van der Waals surface area contributed by atoms with Crippen LogP contribution < -0.4 is 9.62 Å². The lowest BCUT2D eigenvalue weighted by Gasteiger charge is -2.34. The summed E-state index contributed by atoms with van der Waals surface area (Å²) in [5.41, 5.74) is 2.92. The zero-order valence-corrected chi connectivity index (χ0v) is 23.7. The standard InChI is InChI=1S/C29H34ClN3O4S/c1-21(2)31-29(35)27(18-23-12-6-5-7-13-23)32(19-24-14-10-11-22(3)17-24)28(34)20-33(38(4,36)37)26-16-9-8-15-25(26)30/h5-17,21,27H,18-20H2,1-4H3,(H,31,35)/t27-/m1/s1. The number of carbonyl (C=O) groups excluding carboxylic acids is 2. The highest BCUT2D eigenvalue weighted by molar-refractivity contribution is 7.92. The van der Waals surface area contributed by atoms with Crippen LogP contribution >= 0.6 is 11.6 Å². The largest absolute Gasteiger partial charge is 0.352 e. The molecular formula is C29H34ClN3O4S. The number of hydrogen-bond donors (Lipinski definition) is 1. The van der Waals surface area contributed by atoms with Gasteiger partial charge in [-0.3, -0.25) is 13.9 Å². The molecule has 0 aliphatic carbocycles. The molecule has 0 aliphatic heterocycles. The van der Waals surface area contributed by atoms with E-state index in [0.29, 0.717) is 0 Å². The van der Waals surface area contributed by atoms with E-state index in [9.17, 15) is 18.0 Å². The Morgan fingerprint density at radius 3 is 2.16 bits per heavy atom. The van der Waals surface area contributed by atoms with Crippen molar-refractivity contribution in [2.24, 2.45) is 0 Å². The Balaban J connectivity index is 2.07. The van der Waals surface area contributed by atoms with E-state index in [1.165, 1.54) is 4.90 Å². The summed E-state index contributed by atoms with van der Waals surface area (Å²) in [6.07, 6.45) is 1.29. The average molecular weight is 556 g/mol. The number of halogens is 1. The molecule has 1 N–H and O–H groups in total. The second-order valence-corrected chi connectivity index (χ2v) is 11.9. The normalized spacial score (nSPS) is 12.2. The molecule has 0 aromatic heterocycles. The molecule has 202 valence electrons. The van der Waals surface area contributed by atoms with Gasteiger partial charge in [-0.15, -0.1) is 0 Å². The van der Waals surface area contributed by atoms with Crippen LogP contribution in [0.15, 0.2) is 78.9 Å². The molecule has 9 heteroatoms. The first-order chi connectivity index (χ1) is 18.0. The van der Waals surface area contributed by atoms with Gasteiger partial charge in [0.1, 0.15) is 12.6 Å². The maximum Gasteiger partial charge on any atom is 0.244 e. The molecule has 0 unspecified atom stereocenters. The number of carbonyl (C=O) groups is 2. The van der Waals surface area contributed by atoms with Crippen molar-refractivity contribution in [3.8, 4) is 0 Å². The van der Waals surface area contributed by atoms with Crippen molar-refractivity contribution in [2.75, 3.05) is 17.1 Å². The Labute approximate surface area is 230 Å². The highest BCUT2D eigenvalue weighted by Crippen LogP contribution is 2.27. The molecule has 0 saturated heterocycles. The predicted molar refractivity (Wildman–Crippen MR) is 153 cm³/mol. The van der Waals surface area contributed by atoms with Gasteiger partial charge < -0.3 is 10.2 Å². The number of amides is 2. The van der Waals surface area contributed by atoms with E-state index in [1.54, 1.807) is 24.3 Å². The lowest BCUT2D eigenvalue weighted by atomic mass is 10.0. The lowest BCUT2D eigenvalue weighted by molar-refractivity contribution is -0.140. The van der Waals surface area contributed by atoms with Gasteiger partial charge in [-0.2, -0.15) is 0 Å². The fourth-order valence-electron chi connectivity index (χ4n) is 4.19. The van der Waals surface area contributed by atoms with Gasteiger partial charge in [0.15, 0.2) is 0 Å². The number of nitrogens with zero attached hydrogens (tertiary/aromatic N) is 2. The second-order valence-electron chi connectivity index (χ2n) is 9.60. The van der Waals surface area contributed by atoms with E-state index >= 15 is 0 Å². The van der Waals surface area contributed by atoms with Crippen LogP contribution in [0.5, 0.6) is 0 Å². The summed E-state index contributed by atoms with van der Waals surface area (Å²) in [6, 6.07) is 22.5. The van der Waals surface area contributed by atoms with E-state index in [2.05, 4.69) is 5.32 Å². The van der Waals surface area contributed by atoms with Crippen LogP contribution in [-0.4, -0.2) is 50.0 Å². The number of rotatable bonds is 11. The Kier molecular flexibility index (Phi) is 9.94. The van der Waals surface area contributed by atoms with Crippen LogP contribution in [0.3, 0.4) is 0 Å². The van der Waals surface area contributed by atoms with Crippen molar-refractivity contribution in [2.45, 2.75) is 45.8 Å². The molecule has 0 saturated carbocycles. The number of hydrogen-bond acceptors (Lipinski definition) is 4. The molecule has 0 bridgehead atoms. The van der Waals surface area contributed by atoms with E-state index in [-0.39, 0.29) is 35.6 Å². The first kappa shape index (κ1) is 29.2. The molecule has 3 aromatic rings. The van der Waals surface area contributed by atoms with Crippen molar-refractivity contribution >= 4 is 39.1 Å². The smallest absolute Gasteiger partial charge is 0.244 e. The third-order valence-corrected chi connectivity index (χ3v) is 7.38. The summed E-state index contributed by atoms with van der Waals surface area (Å²) in [5.74, 6) is -0.829. The van der Waals surface area contributed by atoms with Crippen LogP contribution in [0.1, 0.15) is 30.5 Å². The number of anilines is 1. The molecule has 0 fully saturated rings. The van der Waals surface area contributed by atoms with Crippen LogP contribution in [0.4, 0.5) is 5.69 Å². The average Bonchev–Trinajstić information content (AvgIpc) is 2.84. The van der Waals surface area contributed by atoms with Crippen LogP contribution in [0.2, 0.25) is 5.02 Å². The van der Waals surface area contributed by atoms with Gasteiger partial charge in [-0.1, -0.05) is 83.9 Å². The molecule has 0 heterocycles. The Hall–Kier alpha value is -3.36. The minimum absolute atomic E-state index is 0.129. The quantitative estimate of drug-likeness (QED) is 0.375. The monoisotopic (exact) mass is 555 g/mol. The van der Waals surface area contributed by atoms with Gasteiger partial charge in [0.05, 0.1) is 17.0 Å². The van der Waals surface area contributed by atoms with Gasteiger partial charge in [0, 0.05) is 19.0 Å². The number of sulfonamides is 1. The maximum atomic E-state index is 14.0. The SMILES string of the molecule is Cc1cccc(CN(C(=O)CN(c2ccccc2Cl)S(C)(=O)=O)[C@H](Cc2ccccc2)C(=O)NC(C)C)c1. The van der Waals surface area contributed by atoms with Gasteiger partial charge in [0.25, 0.3) is 0 Å². The molecule has 0 aliphatic rings. The summed E-state index contributed by atoms with van der Waals surface area (Å²) in [7, 11) is -3.87. The molecule has 3 rings (SSSR count). The van der Waals surface area contributed by atoms with Crippen LogP contribution in [0, 0.1) is 6.92 Å². The summed E-state index contributed by atoms with van der Waals surface area (Å²) in [5, 5.41) is 3.14. The molecule has 0 spiro atoms. The molecule has 1 atom stereocenters. The van der Waals surface area contributed by atoms with Crippen molar-refractivity contribution in [3.05, 3.63) is 101 Å². The first-order valence-corrected chi connectivity index (χ1v) is 14.6. The van der Waals surface area contributed by atoms with Crippen molar-refractivity contribution in [3.63, 3.8) is 0 Å². The minimum atomic E-state index is -3.87. The Morgan fingerprint density at radius 2 is 1.55 bits per heavy atom. The summed E-state index contributed by atoms with van der Waals surface area (Å²) >= 11 is 6.32. The zero-order chi connectivity index (χ0) is 27.9. The third-order valence-electron chi connectivity index (χ3n) is 5.94. The number of aryl methyl sites for hydroxylation is 1. The van der Waals surface area contributed by atoms with Crippen LogP contribution in [-0.2, 0) is 32.6 Å². The summed E-state index contributed by atoms with van der Waals surface area (Å²) in [4.78, 5) is 29.0. The second kappa shape index (κ2) is 12.9. The molecule has 38 heavy (non-hydrogen) atoms. The number of benzene rings is 3. The van der Waals surface area contributed by atoms with Crippen LogP contribution in [0.25, 0.3) is 0 Å². The van der Waals surface area contributed by atoms with E-state index in [4.69, 9.17) is 11.6 Å². The fourth-order valence-corrected chi connectivity index (χ4v) is 5.34. The van der Waals surface area contributed by atoms with Crippen molar-refractivity contribution < 1.29 is 18.0 Å². The first-order valence-electron chi connectivity index (χ1n) is 12.4. The zero-order valence-electron chi connectivity index (χ0n) is 22.1. The lowest BCUT2D eigenvalue weighted by Crippen LogP contribution is -2.54. The number of nitrogens with one attached hydrogen (secondary N) is 1. The predicted octanol–water partition coefficient (Wildman–Crippen LogP) is 4.58. The Bertz CT molecular complexity index is 1360. The molecule has 3 aromatic carbocycles. The minimum Gasteiger partial charge on any atom is -0.352 e. The summed E-state index contributed by atoms with van der Waals surface area (Å²) < 4.78 is 26.6. The van der Waals surface area contributed by atoms with Gasteiger partial charge in [-0.25, -0.2) is 8.42 Å². The van der Waals surface area contributed by atoms with Crippen molar-refractivity contribution in [1.29, 1.82) is 0 Å². The van der Waals surface area contributed by atoms with Crippen molar-refractivity contribution in [1.82, 2.24) is 10.2 Å². The Morgan fingerprint density at radius 1 is 0.921 bits per heavy atom. The molecule has 7 nitrogen and oxygen atoms in total. The number of para-hydroxylation sites is 1. The van der Waals surface area contributed by atoms with E-state index < -0.39 is 28.5 Å².